The second-order valence-corrected chi connectivity index (χ2v) is 9.23. The molecule has 1 heterocycles. The van der Waals surface area contributed by atoms with Crippen LogP contribution in [0, 0.1) is 17.2 Å². The van der Waals surface area contributed by atoms with Crippen molar-refractivity contribution in [2.45, 2.75) is 55.6 Å². The fourth-order valence-corrected chi connectivity index (χ4v) is 5.50. The highest BCUT2D eigenvalue weighted by Gasteiger charge is 2.35. The van der Waals surface area contributed by atoms with Crippen LogP contribution in [0.3, 0.4) is 0 Å². The molecule has 3 rings (SSSR count). The molecule has 2 N–H and O–H groups in total. The van der Waals surface area contributed by atoms with Crippen LogP contribution in [0.25, 0.3) is 0 Å². The van der Waals surface area contributed by atoms with Gasteiger partial charge in [0.05, 0.1) is 22.5 Å². The number of sulfonamides is 1. The van der Waals surface area contributed by atoms with Gasteiger partial charge in [-0.3, -0.25) is 4.79 Å². The molecule has 146 valence electrons. The standard InChI is InChI=1S/C19H25N3O4S/c20-12-14-4-1-2-6-18(14)27(25,26)22-11-3-5-15(13-22)19(24)21-16-7-9-17(23)10-8-16/h1-2,4,6,15-17,23H,3,5,7-11,13H2,(H,21,24)/t15-,16-,17-/m0/s1. The Balaban J connectivity index is 1.68. The van der Waals surface area contributed by atoms with Crippen molar-refractivity contribution < 1.29 is 18.3 Å². The summed E-state index contributed by atoms with van der Waals surface area (Å²) in [5.74, 6) is -0.514. The Morgan fingerprint density at radius 3 is 2.59 bits per heavy atom. The van der Waals surface area contributed by atoms with Crippen molar-refractivity contribution in [2.75, 3.05) is 13.1 Å². The topological polar surface area (TPSA) is 111 Å². The molecule has 2 aliphatic rings. The first kappa shape index (κ1) is 19.8. The molecule has 8 heteroatoms. The van der Waals surface area contributed by atoms with Gasteiger partial charge in [0, 0.05) is 19.1 Å². The Morgan fingerprint density at radius 1 is 1.19 bits per heavy atom. The lowest BCUT2D eigenvalue weighted by Gasteiger charge is -2.33. The summed E-state index contributed by atoms with van der Waals surface area (Å²) in [6.07, 6.45) is 3.83. The number of piperidine rings is 1. The number of nitriles is 1. The fourth-order valence-electron chi connectivity index (χ4n) is 3.84. The molecular formula is C19H25N3O4S. The van der Waals surface area contributed by atoms with Crippen LogP contribution in [0.2, 0.25) is 0 Å². The molecule has 0 aromatic heterocycles. The first-order valence-corrected chi connectivity index (χ1v) is 10.8. The van der Waals surface area contributed by atoms with Crippen molar-refractivity contribution in [3.05, 3.63) is 29.8 Å². The molecule has 1 amide bonds. The molecule has 0 radical (unpaired) electrons. The molecule has 1 atom stereocenters. The van der Waals surface area contributed by atoms with Crippen molar-refractivity contribution in [3.8, 4) is 6.07 Å². The second-order valence-electron chi connectivity index (χ2n) is 7.32. The summed E-state index contributed by atoms with van der Waals surface area (Å²) in [7, 11) is -3.81. The van der Waals surface area contributed by atoms with E-state index in [1.54, 1.807) is 12.1 Å². The fraction of sp³-hybridized carbons (Fsp3) is 0.579. The van der Waals surface area contributed by atoms with Gasteiger partial charge < -0.3 is 10.4 Å². The molecule has 0 bridgehead atoms. The van der Waals surface area contributed by atoms with E-state index in [2.05, 4.69) is 5.32 Å². The molecule has 1 saturated heterocycles. The number of aliphatic hydroxyl groups is 1. The summed E-state index contributed by atoms with van der Waals surface area (Å²) < 4.78 is 27.3. The van der Waals surface area contributed by atoms with E-state index in [4.69, 9.17) is 0 Å². The Hall–Kier alpha value is -1.95. The minimum Gasteiger partial charge on any atom is -0.393 e. The average Bonchev–Trinajstić information content (AvgIpc) is 2.69. The number of rotatable bonds is 4. The van der Waals surface area contributed by atoms with Gasteiger partial charge in [-0.2, -0.15) is 9.57 Å². The Morgan fingerprint density at radius 2 is 1.89 bits per heavy atom. The number of amides is 1. The van der Waals surface area contributed by atoms with Crippen LogP contribution in [0.1, 0.15) is 44.1 Å². The van der Waals surface area contributed by atoms with E-state index in [9.17, 15) is 23.6 Å². The van der Waals surface area contributed by atoms with Crippen LogP contribution in [-0.2, 0) is 14.8 Å². The molecular weight excluding hydrogens is 366 g/mol. The third-order valence-electron chi connectivity index (χ3n) is 5.42. The van der Waals surface area contributed by atoms with Gasteiger partial charge in [0.2, 0.25) is 15.9 Å². The summed E-state index contributed by atoms with van der Waals surface area (Å²) >= 11 is 0. The van der Waals surface area contributed by atoms with Gasteiger partial charge >= 0.3 is 0 Å². The molecule has 1 saturated carbocycles. The summed E-state index contributed by atoms with van der Waals surface area (Å²) in [5, 5.41) is 21.8. The lowest BCUT2D eigenvalue weighted by Crippen LogP contribution is -2.48. The van der Waals surface area contributed by atoms with Gasteiger partial charge in [0.1, 0.15) is 6.07 Å². The quantitative estimate of drug-likeness (QED) is 0.806. The third-order valence-corrected chi connectivity index (χ3v) is 7.35. The highest BCUT2D eigenvalue weighted by Crippen LogP contribution is 2.26. The highest BCUT2D eigenvalue weighted by molar-refractivity contribution is 7.89. The molecule has 27 heavy (non-hydrogen) atoms. The predicted octanol–water partition coefficient (Wildman–Crippen LogP) is 1.38. The van der Waals surface area contributed by atoms with E-state index in [1.807, 2.05) is 6.07 Å². The molecule has 1 aromatic carbocycles. The van der Waals surface area contributed by atoms with Crippen molar-refractivity contribution in [3.63, 3.8) is 0 Å². The molecule has 1 aromatic rings. The minimum absolute atomic E-state index is 0.00479. The normalized spacial score (nSPS) is 26.9. The smallest absolute Gasteiger partial charge is 0.244 e. The maximum absolute atomic E-state index is 13.0. The van der Waals surface area contributed by atoms with E-state index in [0.717, 1.165) is 12.8 Å². The van der Waals surface area contributed by atoms with Crippen LogP contribution in [-0.4, -0.2) is 49.0 Å². The summed E-state index contributed by atoms with van der Waals surface area (Å²) in [6.45, 7) is 0.477. The van der Waals surface area contributed by atoms with Crippen LogP contribution < -0.4 is 5.32 Å². The molecule has 2 fully saturated rings. The van der Waals surface area contributed by atoms with Gasteiger partial charge in [-0.05, 0) is 50.7 Å². The van der Waals surface area contributed by atoms with Gasteiger partial charge in [-0.1, -0.05) is 12.1 Å². The van der Waals surface area contributed by atoms with Gasteiger partial charge in [-0.25, -0.2) is 8.42 Å². The molecule has 0 spiro atoms. The highest BCUT2D eigenvalue weighted by atomic mass is 32.2. The Labute approximate surface area is 160 Å². The van der Waals surface area contributed by atoms with E-state index in [0.29, 0.717) is 32.2 Å². The first-order valence-electron chi connectivity index (χ1n) is 9.39. The van der Waals surface area contributed by atoms with E-state index in [-0.39, 0.29) is 35.1 Å². The van der Waals surface area contributed by atoms with Crippen molar-refractivity contribution in [2.24, 2.45) is 5.92 Å². The zero-order valence-electron chi connectivity index (χ0n) is 15.2. The third kappa shape index (κ3) is 4.49. The Bertz CT molecular complexity index is 826. The number of hydrogen-bond acceptors (Lipinski definition) is 5. The predicted molar refractivity (Wildman–Crippen MR) is 99.0 cm³/mol. The zero-order valence-corrected chi connectivity index (χ0v) is 16.0. The van der Waals surface area contributed by atoms with Crippen LogP contribution >= 0.6 is 0 Å². The zero-order chi connectivity index (χ0) is 19.4. The van der Waals surface area contributed by atoms with Gasteiger partial charge in [-0.15, -0.1) is 0 Å². The minimum atomic E-state index is -3.81. The van der Waals surface area contributed by atoms with Gasteiger partial charge in [0.25, 0.3) is 0 Å². The number of nitrogens with zero attached hydrogens (tertiary/aromatic N) is 2. The number of carbonyl (C=O) groups is 1. The average molecular weight is 391 g/mol. The first-order chi connectivity index (χ1) is 12.9. The second kappa shape index (κ2) is 8.38. The number of nitrogens with one attached hydrogen (secondary N) is 1. The number of benzene rings is 1. The number of carbonyl (C=O) groups excluding carboxylic acids is 1. The van der Waals surface area contributed by atoms with Crippen LogP contribution in [0.15, 0.2) is 29.2 Å². The van der Waals surface area contributed by atoms with Crippen LogP contribution in [0.5, 0.6) is 0 Å². The maximum atomic E-state index is 13.0. The molecule has 0 unspecified atom stereocenters. The van der Waals surface area contributed by atoms with Crippen molar-refractivity contribution >= 4 is 15.9 Å². The van der Waals surface area contributed by atoms with E-state index < -0.39 is 15.9 Å². The number of hydrogen-bond donors (Lipinski definition) is 2. The summed E-state index contributed by atoms with van der Waals surface area (Å²) in [4.78, 5) is 12.6. The summed E-state index contributed by atoms with van der Waals surface area (Å²) in [6, 6.07) is 8.12. The van der Waals surface area contributed by atoms with E-state index >= 15 is 0 Å². The molecule has 1 aliphatic carbocycles. The van der Waals surface area contributed by atoms with Gasteiger partial charge in [0.15, 0.2) is 0 Å². The summed E-state index contributed by atoms with van der Waals surface area (Å²) in [5.41, 5.74) is 0.116. The maximum Gasteiger partial charge on any atom is 0.244 e. The largest absolute Gasteiger partial charge is 0.393 e. The van der Waals surface area contributed by atoms with E-state index in [1.165, 1.54) is 16.4 Å². The monoisotopic (exact) mass is 391 g/mol. The van der Waals surface area contributed by atoms with Crippen molar-refractivity contribution in [1.82, 2.24) is 9.62 Å². The molecule has 1 aliphatic heterocycles. The Kier molecular flexibility index (Phi) is 6.15. The van der Waals surface area contributed by atoms with Crippen LogP contribution in [0.4, 0.5) is 0 Å². The SMILES string of the molecule is N#Cc1ccccc1S(=O)(=O)N1CCC[C@H](C(=O)N[C@H]2CC[C@H](O)CC2)C1. The van der Waals surface area contributed by atoms with Crippen molar-refractivity contribution in [1.29, 1.82) is 5.26 Å². The lowest BCUT2D eigenvalue weighted by atomic mass is 9.92. The molecule has 7 nitrogen and oxygen atoms in total. The number of aliphatic hydroxyl groups excluding tert-OH is 1. The lowest BCUT2D eigenvalue weighted by molar-refractivity contribution is -0.127.